The van der Waals surface area contributed by atoms with Crippen LogP contribution >= 0.6 is 11.8 Å². The number of hydrogen-bond acceptors (Lipinski definition) is 5. The average Bonchev–Trinajstić information content (AvgIpc) is 2.30. The summed E-state index contributed by atoms with van der Waals surface area (Å²) in [4.78, 5) is 10.7. The second-order valence-corrected chi connectivity index (χ2v) is 5.65. The lowest BCUT2D eigenvalue weighted by Gasteiger charge is -2.37. The van der Waals surface area contributed by atoms with E-state index < -0.39 is 0 Å². The van der Waals surface area contributed by atoms with E-state index in [0.29, 0.717) is 6.04 Å². The van der Waals surface area contributed by atoms with Gasteiger partial charge >= 0.3 is 0 Å². The normalized spacial score (nSPS) is 29.5. The van der Waals surface area contributed by atoms with Crippen molar-refractivity contribution in [3.63, 3.8) is 0 Å². The van der Waals surface area contributed by atoms with E-state index in [9.17, 15) is 0 Å². The molecule has 2 rings (SSSR count). The quantitative estimate of drug-likeness (QED) is 0.771. The van der Waals surface area contributed by atoms with Crippen molar-refractivity contribution in [1.29, 1.82) is 0 Å². The molecule has 0 N–H and O–H groups in total. The van der Waals surface area contributed by atoms with Gasteiger partial charge in [-0.25, -0.2) is 9.97 Å². The Kier molecular flexibility index (Phi) is 4.36. The fourth-order valence-corrected chi connectivity index (χ4v) is 3.13. The number of likely N-dealkylation sites (N-methyl/N-ethyl adjacent to an activating group) is 1. The Bertz CT molecular complexity index is 347. The van der Waals surface area contributed by atoms with E-state index in [-0.39, 0.29) is 11.5 Å². The molecule has 4 nitrogen and oxygen atoms in total. The SMILES string of the molecule is C[C@@H]1O[C@H](Sc2ncccn2)CC[C@H]1N(C)C. The molecular formula is C12H19N3OS. The van der Waals surface area contributed by atoms with Crippen molar-refractivity contribution in [3.05, 3.63) is 18.5 Å². The number of thioether (sulfide) groups is 1. The summed E-state index contributed by atoms with van der Waals surface area (Å²) in [7, 11) is 4.22. The van der Waals surface area contributed by atoms with E-state index in [0.717, 1.165) is 11.6 Å². The van der Waals surface area contributed by atoms with Crippen molar-refractivity contribution < 1.29 is 4.74 Å². The molecule has 17 heavy (non-hydrogen) atoms. The zero-order chi connectivity index (χ0) is 12.3. The van der Waals surface area contributed by atoms with E-state index in [2.05, 4.69) is 35.9 Å². The second-order valence-electron chi connectivity index (χ2n) is 4.53. The highest BCUT2D eigenvalue weighted by Gasteiger charge is 2.30. The topological polar surface area (TPSA) is 38.3 Å². The second kappa shape index (κ2) is 5.80. The third kappa shape index (κ3) is 3.40. The van der Waals surface area contributed by atoms with Gasteiger partial charge in [-0.3, -0.25) is 0 Å². The predicted molar refractivity (Wildman–Crippen MR) is 68.9 cm³/mol. The highest BCUT2D eigenvalue weighted by molar-refractivity contribution is 7.99. The molecule has 0 saturated carbocycles. The Morgan fingerprint density at radius 1 is 1.29 bits per heavy atom. The third-order valence-electron chi connectivity index (χ3n) is 3.05. The molecule has 94 valence electrons. The average molecular weight is 253 g/mol. The van der Waals surface area contributed by atoms with Gasteiger partial charge in [0.25, 0.3) is 0 Å². The summed E-state index contributed by atoms with van der Waals surface area (Å²) >= 11 is 1.62. The van der Waals surface area contributed by atoms with Gasteiger partial charge in [0, 0.05) is 18.4 Å². The first-order valence-electron chi connectivity index (χ1n) is 5.92. The van der Waals surface area contributed by atoms with E-state index in [1.54, 1.807) is 24.2 Å². The van der Waals surface area contributed by atoms with Crippen LogP contribution in [0.3, 0.4) is 0 Å². The largest absolute Gasteiger partial charge is 0.363 e. The Hall–Kier alpha value is -0.650. The first-order valence-corrected chi connectivity index (χ1v) is 6.80. The minimum Gasteiger partial charge on any atom is -0.363 e. The predicted octanol–water partition coefficient (Wildman–Crippen LogP) is 2.02. The van der Waals surface area contributed by atoms with Gasteiger partial charge in [0.15, 0.2) is 5.16 Å². The molecule has 1 fully saturated rings. The van der Waals surface area contributed by atoms with Gasteiger partial charge in [0.2, 0.25) is 0 Å². The van der Waals surface area contributed by atoms with Crippen molar-refractivity contribution in [2.24, 2.45) is 0 Å². The Morgan fingerprint density at radius 2 is 2.00 bits per heavy atom. The number of nitrogens with zero attached hydrogens (tertiary/aromatic N) is 3. The van der Waals surface area contributed by atoms with Crippen LogP contribution in [-0.2, 0) is 4.74 Å². The van der Waals surface area contributed by atoms with E-state index in [1.165, 1.54) is 6.42 Å². The summed E-state index contributed by atoms with van der Waals surface area (Å²) in [6.45, 7) is 2.14. The molecule has 1 saturated heterocycles. The number of aromatic nitrogens is 2. The molecule has 5 heteroatoms. The molecule has 1 aliphatic heterocycles. The van der Waals surface area contributed by atoms with E-state index in [1.807, 2.05) is 6.07 Å². The summed E-state index contributed by atoms with van der Waals surface area (Å²) in [5.41, 5.74) is 0.184. The molecule has 2 heterocycles. The maximum Gasteiger partial charge on any atom is 0.189 e. The van der Waals surface area contributed by atoms with E-state index in [4.69, 9.17) is 4.74 Å². The Labute approximate surface area is 107 Å². The Balaban J connectivity index is 1.90. The zero-order valence-corrected chi connectivity index (χ0v) is 11.4. The lowest BCUT2D eigenvalue weighted by atomic mass is 10.0. The molecule has 1 aromatic rings. The summed E-state index contributed by atoms with van der Waals surface area (Å²) < 4.78 is 6.01. The van der Waals surface area contributed by atoms with Gasteiger partial charge < -0.3 is 9.64 Å². The fourth-order valence-electron chi connectivity index (χ4n) is 2.17. The number of hydrogen-bond donors (Lipinski definition) is 0. The van der Waals surface area contributed by atoms with Crippen molar-refractivity contribution in [2.45, 2.75) is 42.5 Å². The molecule has 0 aliphatic carbocycles. The summed E-state index contributed by atoms with van der Waals surface area (Å²) in [6.07, 6.45) is 6.02. The van der Waals surface area contributed by atoms with Crippen molar-refractivity contribution >= 4 is 11.8 Å². The standard InChI is InChI=1S/C12H19N3OS/c1-9-10(15(2)3)5-6-11(16-9)17-12-13-7-4-8-14-12/h4,7-11H,5-6H2,1-3H3/t9-,10+,11+/m0/s1. The van der Waals surface area contributed by atoms with E-state index >= 15 is 0 Å². The van der Waals surface area contributed by atoms with Crippen LogP contribution in [0.2, 0.25) is 0 Å². The molecule has 0 amide bonds. The lowest BCUT2D eigenvalue weighted by Crippen LogP contribution is -2.44. The molecule has 1 aromatic heterocycles. The van der Waals surface area contributed by atoms with Gasteiger partial charge in [-0.05, 0) is 39.9 Å². The highest BCUT2D eigenvalue weighted by Crippen LogP contribution is 2.31. The van der Waals surface area contributed by atoms with Crippen LogP contribution in [0.4, 0.5) is 0 Å². The van der Waals surface area contributed by atoms with Crippen LogP contribution in [0.5, 0.6) is 0 Å². The first kappa shape index (κ1) is 12.8. The number of rotatable bonds is 3. The zero-order valence-electron chi connectivity index (χ0n) is 10.5. The molecule has 0 unspecified atom stereocenters. The van der Waals surface area contributed by atoms with Crippen LogP contribution in [0.25, 0.3) is 0 Å². The van der Waals surface area contributed by atoms with Crippen LogP contribution in [0.1, 0.15) is 19.8 Å². The lowest BCUT2D eigenvalue weighted by molar-refractivity contribution is -0.0430. The fraction of sp³-hybridized carbons (Fsp3) is 0.667. The molecule has 1 aliphatic rings. The van der Waals surface area contributed by atoms with Crippen molar-refractivity contribution in [3.8, 4) is 0 Å². The molecular weight excluding hydrogens is 234 g/mol. The third-order valence-corrected chi connectivity index (χ3v) is 4.08. The van der Waals surface area contributed by atoms with Crippen LogP contribution in [-0.4, -0.2) is 46.5 Å². The highest BCUT2D eigenvalue weighted by atomic mass is 32.2. The van der Waals surface area contributed by atoms with Gasteiger partial charge in [0.1, 0.15) is 5.44 Å². The van der Waals surface area contributed by atoms with Gasteiger partial charge in [0.05, 0.1) is 6.10 Å². The minimum atomic E-state index is 0.184. The molecule has 0 radical (unpaired) electrons. The maximum absolute atomic E-state index is 6.01. The Morgan fingerprint density at radius 3 is 2.59 bits per heavy atom. The molecule has 0 bridgehead atoms. The smallest absolute Gasteiger partial charge is 0.189 e. The van der Waals surface area contributed by atoms with Crippen molar-refractivity contribution in [2.75, 3.05) is 14.1 Å². The molecule has 3 atom stereocenters. The van der Waals surface area contributed by atoms with Crippen molar-refractivity contribution in [1.82, 2.24) is 14.9 Å². The van der Waals surface area contributed by atoms with Gasteiger partial charge in [-0.2, -0.15) is 0 Å². The van der Waals surface area contributed by atoms with Gasteiger partial charge in [-0.1, -0.05) is 11.8 Å². The summed E-state index contributed by atoms with van der Waals surface area (Å²) in [5.74, 6) is 0. The minimum absolute atomic E-state index is 0.184. The van der Waals surface area contributed by atoms with Crippen LogP contribution in [0, 0.1) is 0 Å². The first-order chi connectivity index (χ1) is 8.16. The molecule has 0 spiro atoms. The summed E-state index contributed by atoms with van der Waals surface area (Å²) in [5, 5.41) is 0.799. The maximum atomic E-state index is 6.01. The van der Waals surface area contributed by atoms with Gasteiger partial charge in [-0.15, -0.1) is 0 Å². The molecule has 0 aromatic carbocycles. The summed E-state index contributed by atoms with van der Waals surface area (Å²) in [6, 6.07) is 2.35. The van der Waals surface area contributed by atoms with Crippen LogP contribution < -0.4 is 0 Å². The number of ether oxygens (including phenoxy) is 1. The van der Waals surface area contributed by atoms with Crippen LogP contribution in [0.15, 0.2) is 23.6 Å². The monoisotopic (exact) mass is 253 g/mol.